The zero-order valence-electron chi connectivity index (χ0n) is 18.0. The number of carbonyl (C=O) groups is 1. The van der Waals surface area contributed by atoms with Gasteiger partial charge in [0.2, 0.25) is 15.9 Å². The molecule has 0 spiro atoms. The minimum Gasteiger partial charge on any atom is -0.470 e. The summed E-state index contributed by atoms with van der Waals surface area (Å²) in [6.07, 6.45) is 0.945. The van der Waals surface area contributed by atoms with Crippen molar-refractivity contribution in [1.82, 2.24) is 14.6 Å². The van der Waals surface area contributed by atoms with Gasteiger partial charge in [0.1, 0.15) is 6.10 Å². The molecule has 31 heavy (non-hydrogen) atoms. The van der Waals surface area contributed by atoms with Gasteiger partial charge >= 0.3 is 0 Å². The summed E-state index contributed by atoms with van der Waals surface area (Å²) in [6, 6.07) is 13.0. The van der Waals surface area contributed by atoms with Crippen molar-refractivity contribution in [2.75, 3.05) is 25.4 Å². The van der Waals surface area contributed by atoms with Crippen LogP contribution < -0.4 is 10.1 Å². The van der Waals surface area contributed by atoms with Crippen LogP contribution in [0, 0.1) is 0 Å². The van der Waals surface area contributed by atoms with Gasteiger partial charge < -0.3 is 14.8 Å². The largest absolute Gasteiger partial charge is 0.470 e. The number of pyridine rings is 1. The van der Waals surface area contributed by atoms with Gasteiger partial charge in [0.15, 0.2) is 0 Å². The highest BCUT2D eigenvalue weighted by molar-refractivity contribution is 7.89. The summed E-state index contributed by atoms with van der Waals surface area (Å²) < 4.78 is 37.9. The Bertz CT molecular complexity index is 956. The predicted molar refractivity (Wildman–Crippen MR) is 117 cm³/mol. The number of hydrogen-bond acceptors (Lipinski definition) is 6. The number of hydrogen-bond donors (Lipinski definition) is 1. The molecule has 0 saturated carbocycles. The van der Waals surface area contributed by atoms with Gasteiger partial charge in [-0.25, -0.2) is 13.4 Å². The van der Waals surface area contributed by atoms with Crippen molar-refractivity contribution in [2.24, 2.45) is 0 Å². The fourth-order valence-corrected chi connectivity index (χ4v) is 4.93. The number of amides is 1. The van der Waals surface area contributed by atoms with Crippen LogP contribution in [0.25, 0.3) is 0 Å². The lowest BCUT2D eigenvalue weighted by Crippen LogP contribution is -2.49. The van der Waals surface area contributed by atoms with Crippen molar-refractivity contribution in [3.8, 4) is 5.88 Å². The van der Waals surface area contributed by atoms with E-state index in [9.17, 15) is 13.2 Å². The third-order valence-corrected chi connectivity index (χ3v) is 6.80. The normalized spacial score (nSPS) is 20.7. The first-order valence-electron chi connectivity index (χ1n) is 10.3. The Morgan fingerprint density at radius 1 is 1.19 bits per heavy atom. The van der Waals surface area contributed by atoms with E-state index in [0.29, 0.717) is 24.5 Å². The van der Waals surface area contributed by atoms with Crippen molar-refractivity contribution in [3.05, 3.63) is 59.8 Å². The van der Waals surface area contributed by atoms with Gasteiger partial charge in [-0.2, -0.15) is 4.31 Å². The van der Waals surface area contributed by atoms with Crippen molar-refractivity contribution in [1.29, 1.82) is 0 Å². The molecule has 3 rings (SSSR count). The molecule has 0 radical (unpaired) electrons. The number of carbonyl (C=O) groups excluding carboxylic acids is 1. The number of nitrogens with one attached hydrogen (secondary N) is 1. The van der Waals surface area contributed by atoms with Crippen molar-refractivity contribution >= 4 is 15.9 Å². The summed E-state index contributed by atoms with van der Waals surface area (Å²) in [7, 11) is -3.47. The van der Waals surface area contributed by atoms with Crippen molar-refractivity contribution in [2.45, 2.75) is 39.1 Å². The highest BCUT2D eigenvalue weighted by atomic mass is 32.2. The molecule has 0 bridgehead atoms. The van der Waals surface area contributed by atoms with Crippen LogP contribution in [-0.4, -0.2) is 61.2 Å². The second kappa shape index (κ2) is 10.2. The smallest absolute Gasteiger partial charge is 0.252 e. The average molecular weight is 448 g/mol. The molecule has 1 fully saturated rings. The molecular formula is C22H29N3O5S. The molecule has 3 atom stereocenters. The zero-order valence-corrected chi connectivity index (χ0v) is 18.8. The average Bonchev–Trinajstić information content (AvgIpc) is 2.74. The van der Waals surface area contributed by atoms with E-state index >= 15 is 0 Å². The van der Waals surface area contributed by atoms with E-state index in [4.69, 9.17) is 9.47 Å². The van der Waals surface area contributed by atoms with Gasteiger partial charge in [0.05, 0.1) is 23.5 Å². The quantitative estimate of drug-likeness (QED) is 0.667. The molecule has 2 heterocycles. The van der Waals surface area contributed by atoms with Crippen molar-refractivity contribution in [3.63, 3.8) is 0 Å². The van der Waals surface area contributed by atoms with Crippen LogP contribution in [0.15, 0.2) is 48.7 Å². The molecule has 1 aliphatic heterocycles. The monoisotopic (exact) mass is 447 g/mol. The maximum atomic E-state index is 12.5. The predicted octanol–water partition coefficient (Wildman–Crippen LogP) is 2.39. The van der Waals surface area contributed by atoms with Gasteiger partial charge in [-0.15, -0.1) is 0 Å². The number of sulfonamides is 1. The number of morpholine rings is 1. The summed E-state index contributed by atoms with van der Waals surface area (Å²) in [5, 5.41) is 2.65. The molecule has 8 nitrogen and oxygen atoms in total. The Balaban J connectivity index is 1.49. The molecule has 0 aliphatic carbocycles. The van der Waals surface area contributed by atoms with Crippen LogP contribution in [0.1, 0.15) is 42.8 Å². The van der Waals surface area contributed by atoms with E-state index in [2.05, 4.69) is 10.3 Å². The Hall–Kier alpha value is -2.49. The topological polar surface area (TPSA) is 97.8 Å². The molecule has 9 heteroatoms. The third-order valence-electron chi connectivity index (χ3n) is 4.99. The fraction of sp³-hybridized carbons (Fsp3) is 0.455. The fourth-order valence-electron chi connectivity index (χ4n) is 3.44. The third kappa shape index (κ3) is 6.49. The summed E-state index contributed by atoms with van der Waals surface area (Å²) in [6.45, 7) is 6.29. The number of aromatic nitrogens is 1. The van der Waals surface area contributed by atoms with Crippen LogP contribution in [0.4, 0.5) is 0 Å². The maximum absolute atomic E-state index is 12.5. The second-order valence-corrected chi connectivity index (χ2v) is 9.79. The highest BCUT2D eigenvalue weighted by Gasteiger charge is 2.30. The van der Waals surface area contributed by atoms with Gasteiger partial charge in [0, 0.05) is 31.9 Å². The van der Waals surface area contributed by atoms with E-state index in [1.807, 2.05) is 51.1 Å². The zero-order chi connectivity index (χ0) is 22.4. The SMILES string of the molecule is C[C@@H]1CN(S(=O)(=O)CCNC(=O)c2ccc(O[C@H](C)c3ccccc3)nc2)C[C@H](C)O1. The molecule has 1 saturated heterocycles. The van der Waals surface area contributed by atoms with Crippen LogP contribution in [0.5, 0.6) is 5.88 Å². The minimum atomic E-state index is -3.47. The van der Waals surface area contributed by atoms with E-state index in [1.165, 1.54) is 10.5 Å². The standard InChI is InChI=1S/C22H29N3O5S/c1-16-14-25(15-17(2)29-16)31(27,28)12-11-23-22(26)20-9-10-21(24-13-20)30-18(3)19-7-5-4-6-8-19/h4-10,13,16-18H,11-12,14-15H2,1-3H3,(H,23,26)/t16-,17+,18-/m1/s1. The van der Waals surface area contributed by atoms with Crippen LogP contribution in [0.3, 0.4) is 0 Å². The van der Waals surface area contributed by atoms with E-state index in [1.54, 1.807) is 12.1 Å². The van der Waals surface area contributed by atoms with E-state index < -0.39 is 10.0 Å². The molecule has 2 aromatic rings. The molecular weight excluding hydrogens is 418 g/mol. The summed E-state index contributed by atoms with van der Waals surface area (Å²) >= 11 is 0. The maximum Gasteiger partial charge on any atom is 0.252 e. The Morgan fingerprint density at radius 2 is 1.87 bits per heavy atom. The van der Waals surface area contributed by atoms with Crippen LogP contribution in [0.2, 0.25) is 0 Å². The first-order valence-corrected chi connectivity index (χ1v) is 11.9. The Labute approximate surface area is 183 Å². The summed E-state index contributed by atoms with van der Waals surface area (Å²) in [5.74, 6) is -0.137. The van der Waals surface area contributed by atoms with Gasteiger partial charge in [-0.3, -0.25) is 4.79 Å². The number of rotatable bonds is 8. The summed E-state index contributed by atoms with van der Waals surface area (Å²) in [4.78, 5) is 16.5. The van der Waals surface area contributed by atoms with Crippen LogP contribution >= 0.6 is 0 Å². The minimum absolute atomic E-state index is 0.0184. The molecule has 1 aromatic carbocycles. The lowest BCUT2D eigenvalue weighted by Gasteiger charge is -2.34. The summed E-state index contributed by atoms with van der Waals surface area (Å²) in [5.41, 5.74) is 1.36. The molecule has 1 aliphatic rings. The second-order valence-electron chi connectivity index (χ2n) is 7.70. The number of ether oxygens (including phenoxy) is 2. The molecule has 1 amide bonds. The van der Waals surface area contributed by atoms with Gasteiger partial charge in [-0.1, -0.05) is 30.3 Å². The lowest BCUT2D eigenvalue weighted by atomic mass is 10.1. The molecule has 1 N–H and O–H groups in total. The number of benzene rings is 1. The number of nitrogens with zero attached hydrogens (tertiary/aromatic N) is 2. The highest BCUT2D eigenvalue weighted by Crippen LogP contribution is 2.20. The van der Waals surface area contributed by atoms with Gasteiger partial charge in [0.25, 0.3) is 5.91 Å². The van der Waals surface area contributed by atoms with Crippen molar-refractivity contribution < 1.29 is 22.7 Å². The Morgan fingerprint density at radius 3 is 2.48 bits per heavy atom. The Kier molecular flexibility index (Phi) is 7.64. The van der Waals surface area contributed by atoms with Crippen LogP contribution in [-0.2, 0) is 14.8 Å². The first kappa shape index (κ1) is 23.2. The molecule has 1 aromatic heterocycles. The van der Waals surface area contributed by atoms with E-state index in [0.717, 1.165) is 5.56 Å². The molecule has 0 unspecified atom stereocenters. The first-order chi connectivity index (χ1) is 14.7. The lowest BCUT2D eigenvalue weighted by molar-refractivity contribution is -0.0440. The molecule has 168 valence electrons. The van der Waals surface area contributed by atoms with E-state index in [-0.39, 0.29) is 36.5 Å². The van der Waals surface area contributed by atoms with Gasteiger partial charge in [-0.05, 0) is 32.4 Å².